The highest BCUT2D eigenvalue weighted by molar-refractivity contribution is 5.68. The lowest BCUT2D eigenvalue weighted by atomic mass is 9.59. The van der Waals surface area contributed by atoms with Crippen LogP contribution in [0.25, 0.3) is 5.57 Å². The predicted octanol–water partition coefficient (Wildman–Crippen LogP) is 5.15. The Labute approximate surface area is 157 Å². The number of rotatable bonds is 4. The van der Waals surface area contributed by atoms with Crippen LogP contribution in [0.3, 0.4) is 0 Å². The molecule has 136 valence electrons. The first-order chi connectivity index (χ1) is 12.7. The Morgan fingerprint density at radius 2 is 1.96 bits per heavy atom. The van der Waals surface area contributed by atoms with E-state index < -0.39 is 0 Å². The second-order valence-corrected chi connectivity index (χ2v) is 7.74. The summed E-state index contributed by atoms with van der Waals surface area (Å²) in [6, 6.07) is 19.8. The second-order valence-electron chi connectivity index (χ2n) is 7.74. The zero-order valence-electron chi connectivity index (χ0n) is 15.9. The minimum atomic E-state index is 0.222. The molecule has 0 radical (unpaired) electrons. The Kier molecular flexibility index (Phi) is 4.86. The lowest BCUT2D eigenvalue weighted by Gasteiger charge is -2.51. The van der Waals surface area contributed by atoms with Gasteiger partial charge in [-0.05, 0) is 67.1 Å². The summed E-state index contributed by atoms with van der Waals surface area (Å²) in [5.74, 6) is 1.65. The maximum absolute atomic E-state index is 5.55. The van der Waals surface area contributed by atoms with Gasteiger partial charge in [0.05, 0.1) is 7.11 Å². The smallest absolute Gasteiger partial charge is 0.119 e. The van der Waals surface area contributed by atoms with E-state index in [2.05, 4.69) is 72.5 Å². The summed E-state index contributed by atoms with van der Waals surface area (Å²) in [6.45, 7) is 5.82. The first-order valence-corrected chi connectivity index (χ1v) is 9.86. The predicted molar refractivity (Wildman–Crippen MR) is 109 cm³/mol. The molecule has 26 heavy (non-hydrogen) atoms. The summed E-state index contributed by atoms with van der Waals surface area (Å²) in [5, 5.41) is 0. The molecule has 1 fully saturated rings. The number of hydrogen-bond acceptors (Lipinski definition) is 2. The zero-order chi connectivity index (χ0) is 18.0. The van der Waals surface area contributed by atoms with Gasteiger partial charge in [0, 0.05) is 12.0 Å². The molecule has 2 atom stereocenters. The summed E-state index contributed by atoms with van der Waals surface area (Å²) >= 11 is 0. The van der Waals surface area contributed by atoms with Crippen LogP contribution in [0.4, 0.5) is 0 Å². The van der Waals surface area contributed by atoms with Crippen LogP contribution in [0, 0.1) is 5.92 Å². The summed E-state index contributed by atoms with van der Waals surface area (Å²) in [6.07, 6.45) is 6.02. The average molecular weight is 348 g/mol. The number of nitrogens with zero attached hydrogens (tertiary/aromatic N) is 1. The Morgan fingerprint density at radius 1 is 1.12 bits per heavy atom. The molecule has 2 nitrogen and oxygen atoms in total. The van der Waals surface area contributed by atoms with Crippen LogP contribution < -0.4 is 4.74 Å². The molecule has 4 rings (SSSR count). The highest BCUT2D eigenvalue weighted by Crippen LogP contribution is 2.51. The molecular formula is C24H29NO. The summed E-state index contributed by atoms with van der Waals surface area (Å²) in [4.78, 5) is 2.62. The van der Waals surface area contributed by atoms with Gasteiger partial charge in [0.25, 0.3) is 0 Å². The van der Waals surface area contributed by atoms with Gasteiger partial charge in [0.15, 0.2) is 0 Å². The van der Waals surface area contributed by atoms with Crippen LogP contribution in [0.1, 0.15) is 37.3 Å². The Morgan fingerprint density at radius 3 is 2.73 bits per heavy atom. The van der Waals surface area contributed by atoms with E-state index in [1.165, 1.54) is 36.2 Å². The van der Waals surface area contributed by atoms with Crippen LogP contribution in [-0.2, 0) is 5.41 Å². The van der Waals surface area contributed by atoms with Crippen molar-refractivity contribution in [2.45, 2.75) is 31.6 Å². The summed E-state index contributed by atoms with van der Waals surface area (Å²) in [5.41, 5.74) is 4.57. The lowest BCUT2D eigenvalue weighted by molar-refractivity contribution is 0.0934. The van der Waals surface area contributed by atoms with Crippen LogP contribution in [-0.4, -0.2) is 31.6 Å². The van der Waals surface area contributed by atoms with Crippen LogP contribution in [0.5, 0.6) is 5.75 Å². The van der Waals surface area contributed by atoms with E-state index in [1.54, 1.807) is 7.11 Å². The topological polar surface area (TPSA) is 12.5 Å². The molecule has 0 unspecified atom stereocenters. The number of fused-ring (bicyclic) bond motifs is 1. The number of methoxy groups -OCH3 is 1. The molecule has 1 aliphatic heterocycles. The van der Waals surface area contributed by atoms with Crippen molar-refractivity contribution in [3.63, 3.8) is 0 Å². The third-order valence-corrected chi connectivity index (χ3v) is 6.53. The standard InChI is InChI=1S/C24H29NO/c1-3-25-15-14-24(21-10-7-11-23(16-21)26-2)17-20(12-13-22(24)18-25)19-8-5-4-6-9-19/h4-12,16,22H,3,13-15,17-18H2,1-2H3/t22-,24+/m0/s1. The maximum Gasteiger partial charge on any atom is 0.119 e. The Balaban J connectivity index is 1.75. The van der Waals surface area contributed by atoms with Gasteiger partial charge in [0.1, 0.15) is 5.75 Å². The van der Waals surface area contributed by atoms with E-state index in [-0.39, 0.29) is 5.41 Å². The third kappa shape index (κ3) is 3.07. The van der Waals surface area contributed by atoms with Crippen molar-refractivity contribution < 1.29 is 4.74 Å². The quantitative estimate of drug-likeness (QED) is 0.758. The molecule has 0 N–H and O–H groups in total. The van der Waals surface area contributed by atoms with Crippen molar-refractivity contribution in [3.8, 4) is 5.75 Å². The SMILES string of the molecule is CCN1CC[C@]2(c3cccc(OC)c3)CC(c3ccccc3)=CC[C@H]2C1. The Bertz CT molecular complexity index is 782. The van der Waals surface area contributed by atoms with E-state index in [1.807, 2.05) is 0 Å². The highest BCUT2D eigenvalue weighted by atomic mass is 16.5. The van der Waals surface area contributed by atoms with Gasteiger partial charge in [-0.25, -0.2) is 0 Å². The van der Waals surface area contributed by atoms with Gasteiger partial charge < -0.3 is 9.64 Å². The fraction of sp³-hybridized carbons (Fsp3) is 0.417. The zero-order valence-corrected chi connectivity index (χ0v) is 15.9. The van der Waals surface area contributed by atoms with E-state index in [0.717, 1.165) is 25.1 Å². The van der Waals surface area contributed by atoms with Gasteiger partial charge in [-0.2, -0.15) is 0 Å². The molecule has 2 aliphatic rings. The summed E-state index contributed by atoms with van der Waals surface area (Å²) in [7, 11) is 1.77. The molecule has 1 aliphatic carbocycles. The number of ether oxygens (including phenoxy) is 1. The first-order valence-electron chi connectivity index (χ1n) is 9.86. The van der Waals surface area contributed by atoms with E-state index >= 15 is 0 Å². The number of hydrogen-bond donors (Lipinski definition) is 0. The van der Waals surface area contributed by atoms with Gasteiger partial charge in [-0.3, -0.25) is 0 Å². The highest BCUT2D eigenvalue weighted by Gasteiger charge is 2.45. The van der Waals surface area contributed by atoms with Crippen molar-refractivity contribution in [2.24, 2.45) is 5.92 Å². The van der Waals surface area contributed by atoms with E-state index in [0.29, 0.717) is 5.92 Å². The lowest BCUT2D eigenvalue weighted by Crippen LogP contribution is -2.51. The largest absolute Gasteiger partial charge is 0.497 e. The fourth-order valence-electron chi connectivity index (χ4n) is 4.94. The van der Waals surface area contributed by atoms with Gasteiger partial charge >= 0.3 is 0 Å². The fourth-order valence-corrected chi connectivity index (χ4v) is 4.94. The normalized spacial score (nSPS) is 26.1. The molecule has 2 aromatic rings. The van der Waals surface area contributed by atoms with Gasteiger partial charge in [-0.15, -0.1) is 0 Å². The molecule has 0 aromatic heterocycles. The van der Waals surface area contributed by atoms with E-state index in [4.69, 9.17) is 4.74 Å². The summed E-state index contributed by atoms with van der Waals surface area (Å²) < 4.78 is 5.55. The van der Waals surface area contributed by atoms with Crippen molar-refractivity contribution in [1.82, 2.24) is 4.90 Å². The molecule has 0 saturated carbocycles. The monoisotopic (exact) mass is 347 g/mol. The Hall–Kier alpha value is -2.06. The van der Waals surface area contributed by atoms with E-state index in [9.17, 15) is 0 Å². The minimum Gasteiger partial charge on any atom is -0.497 e. The first kappa shape index (κ1) is 17.4. The van der Waals surface area contributed by atoms with Gasteiger partial charge in [-0.1, -0.05) is 55.5 Å². The number of benzene rings is 2. The number of piperidine rings is 1. The van der Waals surface area contributed by atoms with Crippen LogP contribution in [0.15, 0.2) is 60.7 Å². The maximum atomic E-state index is 5.55. The molecule has 2 heteroatoms. The molecule has 0 amide bonds. The minimum absolute atomic E-state index is 0.222. The molecule has 1 saturated heterocycles. The molecule has 0 bridgehead atoms. The molecular weight excluding hydrogens is 318 g/mol. The van der Waals surface area contributed by atoms with Crippen molar-refractivity contribution in [2.75, 3.05) is 26.7 Å². The molecule has 0 spiro atoms. The number of likely N-dealkylation sites (tertiary alicyclic amines) is 1. The van der Waals surface area contributed by atoms with Crippen molar-refractivity contribution >= 4 is 5.57 Å². The van der Waals surface area contributed by atoms with Crippen molar-refractivity contribution in [3.05, 3.63) is 71.8 Å². The number of allylic oxidation sites excluding steroid dienone is 2. The second kappa shape index (κ2) is 7.28. The van der Waals surface area contributed by atoms with Crippen molar-refractivity contribution in [1.29, 1.82) is 0 Å². The van der Waals surface area contributed by atoms with Crippen LogP contribution in [0.2, 0.25) is 0 Å². The molecule has 1 heterocycles. The molecule has 2 aromatic carbocycles. The average Bonchev–Trinajstić information content (AvgIpc) is 2.73. The van der Waals surface area contributed by atoms with Crippen LogP contribution >= 0.6 is 0 Å². The van der Waals surface area contributed by atoms with Gasteiger partial charge in [0.2, 0.25) is 0 Å². The third-order valence-electron chi connectivity index (χ3n) is 6.53.